The summed E-state index contributed by atoms with van der Waals surface area (Å²) >= 11 is 9.12. The van der Waals surface area contributed by atoms with Gasteiger partial charge < -0.3 is 10.5 Å². The van der Waals surface area contributed by atoms with Crippen LogP contribution in [0.4, 0.5) is 5.13 Å². The van der Waals surface area contributed by atoms with E-state index in [1.54, 1.807) is 11.8 Å². The first-order valence-electron chi connectivity index (χ1n) is 5.28. The lowest BCUT2D eigenvalue weighted by molar-refractivity contribution is 0.344. The van der Waals surface area contributed by atoms with Crippen LogP contribution >= 0.6 is 34.7 Å². The normalized spacial score (nSPS) is 10.5. The summed E-state index contributed by atoms with van der Waals surface area (Å²) in [5, 5.41) is 9.80. The average molecular weight is 302 g/mol. The second kappa shape index (κ2) is 6.82. The molecule has 2 rings (SSSR count). The molecule has 0 saturated heterocycles. The van der Waals surface area contributed by atoms with Gasteiger partial charge >= 0.3 is 0 Å². The summed E-state index contributed by atoms with van der Waals surface area (Å²) in [6, 6.07) is 7.45. The highest BCUT2D eigenvalue weighted by molar-refractivity contribution is 7.98. The van der Waals surface area contributed by atoms with Gasteiger partial charge in [-0.2, -0.15) is 11.8 Å². The van der Waals surface area contributed by atoms with Crippen LogP contribution < -0.4 is 10.5 Å². The van der Waals surface area contributed by atoms with E-state index in [9.17, 15) is 0 Å². The number of rotatable bonds is 6. The molecule has 7 heteroatoms. The molecule has 0 amide bonds. The number of thioether (sulfide) groups is 1. The summed E-state index contributed by atoms with van der Waals surface area (Å²) in [7, 11) is 0. The van der Waals surface area contributed by atoms with Gasteiger partial charge in [-0.15, -0.1) is 10.2 Å². The summed E-state index contributed by atoms with van der Waals surface area (Å²) in [5.74, 6) is 2.39. The average Bonchev–Trinajstić information content (AvgIpc) is 2.77. The number of hydrogen-bond donors (Lipinski definition) is 1. The van der Waals surface area contributed by atoms with Gasteiger partial charge in [-0.3, -0.25) is 0 Å². The summed E-state index contributed by atoms with van der Waals surface area (Å²) in [5.41, 5.74) is 5.50. The largest absolute Gasteiger partial charge is 0.491 e. The van der Waals surface area contributed by atoms with Crippen LogP contribution in [0, 0.1) is 0 Å². The number of halogens is 1. The van der Waals surface area contributed by atoms with Crippen molar-refractivity contribution in [2.75, 3.05) is 18.1 Å². The zero-order valence-electron chi connectivity index (χ0n) is 9.51. The first-order chi connectivity index (χ1) is 8.75. The fraction of sp³-hybridized carbons (Fsp3) is 0.273. The lowest BCUT2D eigenvalue weighted by Crippen LogP contribution is -2.00. The van der Waals surface area contributed by atoms with Gasteiger partial charge in [-0.25, -0.2) is 0 Å². The molecule has 0 radical (unpaired) electrons. The molecule has 0 fully saturated rings. The Morgan fingerprint density at radius 3 is 2.89 bits per heavy atom. The fourth-order valence-electron chi connectivity index (χ4n) is 1.26. The minimum Gasteiger partial charge on any atom is -0.491 e. The molecule has 0 unspecified atom stereocenters. The van der Waals surface area contributed by atoms with Gasteiger partial charge in [0.1, 0.15) is 10.8 Å². The SMILES string of the molecule is Nc1nnc(CSCCOc2ccccc2Cl)s1. The zero-order valence-corrected chi connectivity index (χ0v) is 11.9. The zero-order chi connectivity index (χ0) is 12.8. The van der Waals surface area contributed by atoms with Crippen molar-refractivity contribution in [1.29, 1.82) is 0 Å². The number of anilines is 1. The van der Waals surface area contributed by atoms with Gasteiger partial charge in [0.2, 0.25) is 5.13 Å². The van der Waals surface area contributed by atoms with Crippen molar-refractivity contribution in [1.82, 2.24) is 10.2 Å². The quantitative estimate of drug-likeness (QED) is 0.831. The molecule has 0 saturated carbocycles. The summed E-state index contributed by atoms with van der Waals surface area (Å²) in [6.07, 6.45) is 0. The maximum Gasteiger partial charge on any atom is 0.203 e. The number of para-hydroxylation sites is 1. The van der Waals surface area contributed by atoms with E-state index >= 15 is 0 Å². The Balaban J connectivity index is 1.66. The number of hydrogen-bond acceptors (Lipinski definition) is 6. The molecule has 1 aromatic heterocycles. The molecule has 96 valence electrons. The molecule has 1 heterocycles. The van der Waals surface area contributed by atoms with Gasteiger partial charge in [0.05, 0.1) is 11.6 Å². The smallest absolute Gasteiger partial charge is 0.203 e. The Morgan fingerprint density at radius 1 is 1.33 bits per heavy atom. The van der Waals surface area contributed by atoms with Gasteiger partial charge in [0.25, 0.3) is 0 Å². The highest BCUT2D eigenvalue weighted by Gasteiger charge is 2.02. The number of nitrogens with two attached hydrogens (primary N) is 1. The lowest BCUT2D eigenvalue weighted by atomic mass is 10.3. The number of nitrogens with zero attached hydrogens (tertiary/aromatic N) is 2. The number of benzene rings is 1. The van der Waals surface area contributed by atoms with Crippen LogP contribution in [-0.2, 0) is 5.75 Å². The third-order valence-corrected chi connectivity index (χ3v) is 4.21. The molecule has 0 bridgehead atoms. The maximum atomic E-state index is 5.97. The van der Waals surface area contributed by atoms with Crippen LogP contribution in [0.1, 0.15) is 5.01 Å². The van der Waals surface area contributed by atoms with E-state index in [4.69, 9.17) is 22.1 Å². The van der Waals surface area contributed by atoms with Crippen LogP contribution in [0.3, 0.4) is 0 Å². The van der Waals surface area contributed by atoms with Crippen molar-refractivity contribution in [3.05, 3.63) is 34.3 Å². The monoisotopic (exact) mass is 301 g/mol. The third-order valence-electron chi connectivity index (χ3n) is 2.03. The molecule has 18 heavy (non-hydrogen) atoms. The Hall–Kier alpha value is -0.980. The highest BCUT2D eigenvalue weighted by atomic mass is 35.5. The van der Waals surface area contributed by atoms with Gasteiger partial charge in [-0.05, 0) is 12.1 Å². The van der Waals surface area contributed by atoms with Crippen molar-refractivity contribution < 1.29 is 4.74 Å². The minimum atomic E-state index is 0.512. The molecule has 2 N–H and O–H groups in total. The van der Waals surface area contributed by atoms with Crippen LogP contribution in [0.15, 0.2) is 24.3 Å². The van der Waals surface area contributed by atoms with E-state index in [-0.39, 0.29) is 0 Å². The van der Waals surface area contributed by atoms with Crippen LogP contribution in [0.25, 0.3) is 0 Å². The molecule has 2 aromatic rings. The second-order valence-corrected chi connectivity index (χ2v) is 5.97. The molecule has 4 nitrogen and oxygen atoms in total. The van der Waals surface area contributed by atoms with Crippen LogP contribution in [-0.4, -0.2) is 22.6 Å². The summed E-state index contributed by atoms with van der Waals surface area (Å²) < 4.78 is 5.57. The molecule has 0 aliphatic rings. The van der Waals surface area contributed by atoms with Crippen molar-refractivity contribution >= 4 is 39.8 Å². The fourth-order valence-corrected chi connectivity index (χ4v) is 2.92. The van der Waals surface area contributed by atoms with Crippen LogP contribution in [0.5, 0.6) is 5.75 Å². The Bertz CT molecular complexity index is 507. The number of nitrogen functional groups attached to an aromatic ring is 1. The maximum absolute atomic E-state index is 5.97. The van der Waals surface area contributed by atoms with Crippen molar-refractivity contribution in [3.63, 3.8) is 0 Å². The molecular formula is C11H12ClN3OS2. The first kappa shape index (κ1) is 13.5. The van der Waals surface area contributed by atoms with Gasteiger partial charge in [-0.1, -0.05) is 35.1 Å². The van der Waals surface area contributed by atoms with E-state index in [1.807, 2.05) is 24.3 Å². The van der Waals surface area contributed by atoms with Crippen LogP contribution in [0.2, 0.25) is 5.02 Å². The summed E-state index contributed by atoms with van der Waals surface area (Å²) in [4.78, 5) is 0. The first-order valence-corrected chi connectivity index (χ1v) is 7.63. The Labute approximate surface area is 119 Å². The van der Waals surface area contributed by atoms with E-state index < -0.39 is 0 Å². The molecular weight excluding hydrogens is 290 g/mol. The Morgan fingerprint density at radius 2 is 2.17 bits per heavy atom. The molecule has 0 aliphatic carbocycles. The van der Waals surface area contributed by atoms with Crippen molar-refractivity contribution in [3.8, 4) is 5.75 Å². The minimum absolute atomic E-state index is 0.512. The number of ether oxygens (including phenoxy) is 1. The predicted molar refractivity (Wildman–Crippen MR) is 77.4 cm³/mol. The number of aromatic nitrogens is 2. The van der Waals surface area contributed by atoms with Gasteiger partial charge in [0, 0.05) is 11.5 Å². The Kier molecular flexibility index (Phi) is 5.10. The van der Waals surface area contributed by atoms with E-state index in [1.165, 1.54) is 11.3 Å². The highest BCUT2D eigenvalue weighted by Crippen LogP contribution is 2.23. The van der Waals surface area contributed by atoms with Crippen molar-refractivity contribution in [2.45, 2.75) is 5.75 Å². The third kappa shape index (κ3) is 4.04. The standard InChI is InChI=1S/C11H12ClN3OS2/c12-8-3-1-2-4-9(8)16-5-6-17-7-10-14-15-11(13)18-10/h1-4H,5-7H2,(H2,13,15). The molecule has 0 spiro atoms. The van der Waals surface area contributed by atoms with E-state index in [2.05, 4.69) is 10.2 Å². The lowest BCUT2D eigenvalue weighted by Gasteiger charge is -2.06. The molecule has 1 aromatic carbocycles. The molecule has 0 atom stereocenters. The van der Waals surface area contributed by atoms with Gasteiger partial charge in [0.15, 0.2) is 0 Å². The van der Waals surface area contributed by atoms with Crippen molar-refractivity contribution in [2.24, 2.45) is 0 Å². The predicted octanol–water partition coefficient (Wildman–Crippen LogP) is 3.09. The topological polar surface area (TPSA) is 61.0 Å². The second-order valence-electron chi connectivity index (χ2n) is 3.37. The van der Waals surface area contributed by atoms with E-state index in [0.717, 1.165) is 22.3 Å². The van der Waals surface area contributed by atoms with E-state index in [0.29, 0.717) is 16.8 Å². The summed E-state index contributed by atoms with van der Waals surface area (Å²) in [6.45, 7) is 0.614. The molecule has 0 aliphatic heterocycles.